The minimum atomic E-state index is -0.240. The zero-order valence-electron chi connectivity index (χ0n) is 10.1. The van der Waals surface area contributed by atoms with Gasteiger partial charge in [0.2, 0.25) is 0 Å². The zero-order chi connectivity index (χ0) is 11.7. The Hall–Kier alpha value is -1.32. The summed E-state index contributed by atoms with van der Waals surface area (Å²) >= 11 is 0. The standard InChI is InChI=1S/C12H18N2O2/c1-4-16-12(15)10-7-13-14(8(2)3)11(10)9-5-6-9/h7-9H,4-6H2,1-3H3. The largest absolute Gasteiger partial charge is 0.462 e. The molecule has 0 spiro atoms. The molecule has 4 heteroatoms. The number of nitrogens with zero attached hydrogens (tertiary/aromatic N) is 2. The lowest BCUT2D eigenvalue weighted by Gasteiger charge is -2.11. The van der Waals surface area contributed by atoms with Gasteiger partial charge in [-0.15, -0.1) is 0 Å². The Bertz CT molecular complexity index is 392. The third-order valence-corrected chi connectivity index (χ3v) is 2.78. The molecule has 0 amide bonds. The monoisotopic (exact) mass is 222 g/mol. The molecule has 1 heterocycles. The fraction of sp³-hybridized carbons (Fsp3) is 0.667. The van der Waals surface area contributed by atoms with Crippen LogP contribution in [0.25, 0.3) is 0 Å². The minimum Gasteiger partial charge on any atom is -0.462 e. The van der Waals surface area contributed by atoms with Crippen LogP contribution in [0.4, 0.5) is 0 Å². The van der Waals surface area contributed by atoms with Gasteiger partial charge in [-0.2, -0.15) is 5.10 Å². The quantitative estimate of drug-likeness (QED) is 0.735. The van der Waals surface area contributed by atoms with Crippen molar-refractivity contribution < 1.29 is 9.53 Å². The first-order valence-corrected chi connectivity index (χ1v) is 5.89. The Morgan fingerprint density at radius 1 is 1.62 bits per heavy atom. The molecular weight excluding hydrogens is 204 g/mol. The number of hydrogen-bond acceptors (Lipinski definition) is 3. The molecule has 0 saturated heterocycles. The summed E-state index contributed by atoms with van der Waals surface area (Å²) in [7, 11) is 0. The number of esters is 1. The van der Waals surface area contributed by atoms with Crippen LogP contribution in [-0.2, 0) is 4.74 Å². The molecule has 2 rings (SSSR count). The Morgan fingerprint density at radius 3 is 2.81 bits per heavy atom. The highest BCUT2D eigenvalue weighted by Crippen LogP contribution is 2.42. The summed E-state index contributed by atoms with van der Waals surface area (Å²) in [5.74, 6) is 0.264. The second kappa shape index (κ2) is 4.28. The molecule has 1 aromatic rings. The number of carbonyl (C=O) groups is 1. The average Bonchev–Trinajstić information content (AvgIpc) is 2.96. The van der Waals surface area contributed by atoms with E-state index in [1.165, 1.54) is 0 Å². The van der Waals surface area contributed by atoms with Gasteiger partial charge in [-0.25, -0.2) is 4.79 Å². The van der Waals surface area contributed by atoms with Crippen LogP contribution in [0.5, 0.6) is 0 Å². The van der Waals surface area contributed by atoms with Crippen LogP contribution < -0.4 is 0 Å². The smallest absolute Gasteiger partial charge is 0.341 e. The maximum absolute atomic E-state index is 11.8. The molecule has 1 aliphatic carbocycles. The van der Waals surface area contributed by atoms with Crippen molar-refractivity contribution in [2.45, 2.75) is 45.6 Å². The lowest BCUT2D eigenvalue weighted by molar-refractivity contribution is 0.0525. The maximum atomic E-state index is 11.8. The fourth-order valence-corrected chi connectivity index (χ4v) is 1.91. The third-order valence-electron chi connectivity index (χ3n) is 2.78. The zero-order valence-corrected chi connectivity index (χ0v) is 10.1. The van der Waals surface area contributed by atoms with E-state index in [-0.39, 0.29) is 5.97 Å². The number of hydrogen-bond donors (Lipinski definition) is 0. The summed E-state index contributed by atoms with van der Waals surface area (Å²) < 4.78 is 7.00. The molecule has 0 radical (unpaired) electrons. The van der Waals surface area contributed by atoms with Gasteiger partial charge >= 0.3 is 5.97 Å². The van der Waals surface area contributed by atoms with Crippen molar-refractivity contribution in [1.29, 1.82) is 0 Å². The molecule has 1 saturated carbocycles. The maximum Gasteiger partial charge on any atom is 0.341 e. The van der Waals surface area contributed by atoms with Crippen molar-refractivity contribution in [2.75, 3.05) is 6.61 Å². The Morgan fingerprint density at radius 2 is 2.31 bits per heavy atom. The highest BCUT2D eigenvalue weighted by Gasteiger charge is 2.33. The van der Waals surface area contributed by atoms with Crippen LogP contribution in [0, 0.1) is 0 Å². The molecular formula is C12H18N2O2. The molecule has 1 aromatic heterocycles. The highest BCUT2D eigenvalue weighted by atomic mass is 16.5. The molecule has 0 atom stereocenters. The van der Waals surface area contributed by atoms with Crippen LogP contribution in [0.1, 0.15) is 61.6 Å². The Balaban J connectivity index is 2.34. The second-order valence-electron chi connectivity index (χ2n) is 4.48. The summed E-state index contributed by atoms with van der Waals surface area (Å²) in [5, 5.41) is 4.30. The Labute approximate surface area is 95.6 Å². The summed E-state index contributed by atoms with van der Waals surface area (Å²) in [6.45, 7) is 6.39. The van der Waals surface area contributed by atoms with Gasteiger partial charge in [0.05, 0.1) is 18.5 Å². The molecule has 0 aromatic carbocycles. The second-order valence-corrected chi connectivity index (χ2v) is 4.48. The predicted octanol–water partition coefficient (Wildman–Crippen LogP) is 2.52. The molecule has 4 nitrogen and oxygen atoms in total. The van der Waals surface area contributed by atoms with Crippen LogP contribution in [0.3, 0.4) is 0 Å². The topological polar surface area (TPSA) is 44.1 Å². The van der Waals surface area contributed by atoms with E-state index in [9.17, 15) is 4.79 Å². The average molecular weight is 222 g/mol. The van der Waals surface area contributed by atoms with Crippen molar-refractivity contribution in [1.82, 2.24) is 9.78 Å². The first kappa shape index (κ1) is 11.2. The third kappa shape index (κ3) is 1.96. The number of ether oxygens (including phenoxy) is 1. The summed E-state index contributed by atoms with van der Waals surface area (Å²) in [5.41, 5.74) is 1.71. The summed E-state index contributed by atoms with van der Waals surface area (Å²) in [6.07, 6.45) is 3.96. The lowest BCUT2D eigenvalue weighted by Crippen LogP contribution is -2.11. The van der Waals surface area contributed by atoms with Gasteiger partial charge in [0.1, 0.15) is 5.56 Å². The van der Waals surface area contributed by atoms with Gasteiger partial charge in [0.25, 0.3) is 0 Å². The van der Waals surface area contributed by atoms with Gasteiger partial charge < -0.3 is 4.74 Å². The van der Waals surface area contributed by atoms with E-state index < -0.39 is 0 Å². The lowest BCUT2D eigenvalue weighted by atomic mass is 10.1. The van der Waals surface area contributed by atoms with Crippen LogP contribution >= 0.6 is 0 Å². The molecule has 0 bridgehead atoms. The molecule has 0 aliphatic heterocycles. The van der Waals surface area contributed by atoms with Gasteiger partial charge in [0, 0.05) is 12.0 Å². The molecule has 1 aliphatic rings. The van der Waals surface area contributed by atoms with Gasteiger partial charge in [-0.3, -0.25) is 4.68 Å². The minimum absolute atomic E-state index is 0.240. The normalized spacial score (nSPS) is 15.5. The van der Waals surface area contributed by atoms with Gasteiger partial charge in [-0.05, 0) is 33.6 Å². The van der Waals surface area contributed by atoms with Crippen molar-refractivity contribution >= 4 is 5.97 Å². The molecule has 0 unspecified atom stereocenters. The summed E-state index contributed by atoms with van der Waals surface area (Å²) in [6, 6.07) is 0.291. The van der Waals surface area contributed by atoms with Crippen molar-refractivity contribution in [3.05, 3.63) is 17.5 Å². The van der Waals surface area contributed by atoms with E-state index in [2.05, 4.69) is 18.9 Å². The van der Waals surface area contributed by atoms with Crippen molar-refractivity contribution in [2.24, 2.45) is 0 Å². The van der Waals surface area contributed by atoms with Crippen molar-refractivity contribution in [3.63, 3.8) is 0 Å². The first-order chi connectivity index (χ1) is 7.65. The van der Waals surface area contributed by atoms with E-state index in [0.717, 1.165) is 18.5 Å². The fourth-order valence-electron chi connectivity index (χ4n) is 1.91. The van der Waals surface area contributed by atoms with E-state index in [1.807, 2.05) is 11.6 Å². The van der Waals surface area contributed by atoms with Crippen LogP contribution in [-0.4, -0.2) is 22.4 Å². The predicted molar refractivity (Wildman–Crippen MR) is 60.5 cm³/mol. The summed E-state index contributed by atoms with van der Waals surface area (Å²) in [4.78, 5) is 11.8. The molecule has 0 N–H and O–H groups in total. The van der Waals surface area contributed by atoms with Crippen molar-refractivity contribution in [3.8, 4) is 0 Å². The van der Waals surface area contributed by atoms with Gasteiger partial charge in [-0.1, -0.05) is 0 Å². The number of aromatic nitrogens is 2. The van der Waals surface area contributed by atoms with Gasteiger partial charge in [0.15, 0.2) is 0 Å². The Kier molecular flexibility index (Phi) is 2.99. The highest BCUT2D eigenvalue weighted by molar-refractivity contribution is 5.90. The van der Waals surface area contributed by atoms with E-state index >= 15 is 0 Å². The van der Waals surface area contributed by atoms with Crippen LogP contribution in [0.15, 0.2) is 6.20 Å². The SMILES string of the molecule is CCOC(=O)c1cnn(C(C)C)c1C1CC1. The number of rotatable bonds is 4. The van der Waals surface area contributed by atoms with Crippen LogP contribution in [0.2, 0.25) is 0 Å². The molecule has 16 heavy (non-hydrogen) atoms. The molecule has 1 fully saturated rings. The van der Waals surface area contributed by atoms with E-state index in [0.29, 0.717) is 24.1 Å². The van der Waals surface area contributed by atoms with E-state index in [4.69, 9.17) is 4.74 Å². The van der Waals surface area contributed by atoms with E-state index in [1.54, 1.807) is 6.20 Å². The first-order valence-electron chi connectivity index (χ1n) is 5.89. The number of carbonyl (C=O) groups excluding carboxylic acids is 1. The molecule has 88 valence electrons.